The fourth-order valence-corrected chi connectivity index (χ4v) is 6.77. The summed E-state index contributed by atoms with van der Waals surface area (Å²) >= 11 is 3.76. The van der Waals surface area contributed by atoms with Crippen LogP contribution in [0.25, 0.3) is 4.91 Å². The normalized spacial score (nSPS) is 22.7. The van der Waals surface area contributed by atoms with Gasteiger partial charge in [0.2, 0.25) is 0 Å². The first-order valence-corrected chi connectivity index (χ1v) is 10.3. The van der Waals surface area contributed by atoms with Crippen molar-refractivity contribution in [1.82, 2.24) is 0 Å². The largest absolute Gasteiger partial charge is 0.300 e. The Labute approximate surface area is 151 Å². The van der Waals surface area contributed by atoms with Gasteiger partial charge in [0.05, 0.1) is 0 Å². The fraction of sp³-hybridized carbons (Fsp3) is 0.286. The van der Waals surface area contributed by atoms with Crippen molar-refractivity contribution in [3.8, 4) is 0 Å². The van der Waals surface area contributed by atoms with E-state index in [2.05, 4.69) is 48.5 Å². The van der Waals surface area contributed by atoms with E-state index in [0.29, 0.717) is 5.78 Å². The Balaban J connectivity index is 1.76. The van der Waals surface area contributed by atoms with Gasteiger partial charge in [-0.25, -0.2) is 0 Å². The third-order valence-corrected chi connectivity index (χ3v) is 7.57. The monoisotopic (exact) mass is 352 g/mol. The van der Waals surface area contributed by atoms with E-state index in [1.165, 1.54) is 26.5 Å². The van der Waals surface area contributed by atoms with Crippen LogP contribution < -0.4 is 0 Å². The zero-order chi connectivity index (χ0) is 16.5. The molecule has 0 amide bonds. The standard InChI is InChI=1S/C21H20OS2/c1-14(22)19-13-23-20-17-10-6-5-7-15(17)11-12-18(20)21(19)24-16-8-3-2-4-9-16/h2-10,19,21H,11-13H2,1H3. The van der Waals surface area contributed by atoms with Crippen LogP contribution in [-0.2, 0) is 11.2 Å². The first-order valence-electron chi connectivity index (χ1n) is 8.40. The Hall–Kier alpha value is -1.45. The second-order valence-electron chi connectivity index (χ2n) is 6.39. The summed E-state index contributed by atoms with van der Waals surface area (Å²) in [6.45, 7) is 1.76. The summed E-state index contributed by atoms with van der Waals surface area (Å²) in [5.41, 5.74) is 4.33. The SMILES string of the molecule is CC(=O)C1CSC2=C(CCc3ccccc32)C1Sc1ccccc1. The summed E-state index contributed by atoms with van der Waals surface area (Å²) in [6.07, 6.45) is 2.17. The first-order chi connectivity index (χ1) is 11.7. The zero-order valence-electron chi connectivity index (χ0n) is 13.7. The quantitative estimate of drug-likeness (QED) is 0.730. The average molecular weight is 353 g/mol. The summed E-state index contributed by atoms with van der Waals surface area (Å²) in [6, 6.07) is 19.3. The van der Waals surface area contributed by atoms with E-state index in [9.17, 15) is 4.79 Å². The van der Waals surface area contributed by atoms with Gasteiger partial charge >= 0.3 is 0 Å². The molecule has 0 fully saturated rings. The highest BCUT2D eigenvalue weighted by atomic mass is 32.2. The topological polar surface area (TPSA) is 17.1 Å². The molecule has 1 aliphatic carbocycles. The third-order valence-electron chi connectivity index (χ3n) is 4.86. The van der Waals surface area contributed by atoms with Crippen molar-refractivity contribution >= 4 is 34.2 Å². The van der Waals surface area contributed by atoms with E-state index in [0.717, 1.165) is 18.6 Å². The molecule has 0 radical (unpaired) electrons. The molecule has 2 aliphatic rings. The highest BCUT2D eigenvalue weighted by Gasteiger charge is 2.37. The number of hydrogen-bond acceptors (Lipinski definition) is 3. The Morgan fingerprint density at radius 3 is 2.58 bits per heavy atom. The van der Waals surface area contributed by atoms with Gasteiger partial charge in [0.1, 0.15) is 5.78 Å². The summed E-state index contributed by atoms with van der Waals surface area (Å²) in [7, 11) is 0. The lowest BCUT2D eigenvalue weighted by atomic mass is 9.85. The molecule has 0 N–H and O–H groups in total. The van der Waals surface area contributed by atoms with Crippen LogP contribution in [-0.4, -0.2) is 16.8 Å². The molecule has 0 bridgehead atoms. The van der Waals surface area contributed by atoms with Crippen LogP contribution in [0.15, 0.2) is 65.1 Å². The van der Waals surface area contributed by atoms with Crippen molar-refractivity contribution in [1.29, 1.82) is 0 Å². The lowest BCUT2D eigenvalue weighted by Crippen LogP contribution is -2.33. The zero-order valence-corrected chi connectivity index (χ0v) is 15.3. The molecular weight excluding hydrogens is 332 g/mol. The number of carbonyl (C=O) groups excluding carboxylic acids is 1. The fourth-order valence-electron chi connectivity index (χ4n) is 3.59. The highest BCUT2D eigenvalue weighted by molar-refractivity contribution is 8.08. The molecule has 4 rings (SSSR count). The molecule has 24 heavy (non-hydrogen) atoms. The second kappa shape index (κ2) is 6.81. The van der Waals surface area contributed by atoms with Gasteiger partial charge in [-0.2, -0.15) is 0 Å². The number of benzene rings is 2. The van der Waals surface area contributed by atoms with Crippen molar-refractivity contribution < 1.29 is 4.79 Å². The molecule has 0 aromatic heterocycles. The Morgan fingerprint density at radius 2 is 1.79 bits per heavy atom. The number of ketones is 1. The van der Waals surface area contributed by atoms with Crippen molar-refractivity contribution in [2.24, 2.45) is 5.92 Å². The molecule has 2 atom stereocenters. The number of aryl methyl sites for hydroxylation is 1. The van der Waals surface area contributed by atoms with Crippen LogP contribution in [0.5, 0.6) is 0 Å². The molecule has 1 heterocycles. The molecule has 0 saturated heterocycles. The number of rotatable bonds is 3. The molecule has 2 aromatic rings. The third kappa shape index (κ3) is 2.96. The lowest BCUT2D eigenvalue weighted by molar-refractivity contribution is -0.119. The van der Waals surface area contributed by atoms with E-state index >= 15 is 0 Å². The number of Topliss-reactive ketones (excluding diaryl/α,β-unsaturated/α-hetero) is 1. The summed E-state index contributed by atoms with van der Waals surface area (Å²) in [5, 5.41) is 0.273. The van der Waals surface area contributed by atoms with Crippen molar-refractivity contribution in [3.63, 3.8) is 0 Å². The van der Waals surface area contributed by atoms with Crippen LogP contribution in [0.3, 0.4) is 0 Å². The van der Waals surface area contributed by atoms with E-state index in [1.807, 2.05) is 29.6 Å². The number of fused-ring (bicyclic) bond motifs is 2. The van der Waals surface area contributed by atoms with E-state index < -0.39 is 0 Å². The van der Waals surface area contributed by atoms with Crippen LogP contribution >= 0.6 is 23.5 Å². The predicted molar refractivity (Wildman–Crippen MR) is 104 cm³/mol. The maximum atomic E-state index is 12.3. The van der Waals surface area contributed by atoms with Gasteiger partial charge in [0, 0.05) is 26.7 Å². The van der Waals surface area contributed by atoms with Gasteiger partial charge < -0.3 is 0 Å². The Kier molecular flexibility index (Phi) is 4.55. The molecule has 0 saturated carbocycles. The Bertz CT molecular complexity index is 794. The number of carbonyl (C=O) groups is 1. The minimum atomic E-state index is 0.115. The summed E-state index contributed by atoms with van der Waals surface area (Å²) in [5.74, 6) is 1.33. The van der Waals surface area contributed by atoms with Gasteiger partial charge in [0.15, 0.2) is 0 Å². The summed E-state index contributed by atoms with van der Waals surface area (Å²) < 4.78 is 0. The molecule has 0 spiro atoms. The molecule has 2 aromatic carbocycles. The smallest absolute Gasteiger partial charge is 0.135 e. The lowest BCUT2D eigenvalue weighted by Gasteiger charge is -2.36. The molecule has 1 nitrogen and oxygen atoms in total. The number of thioether (sulfide) groups is 2. The van der Waals surface area contributed by atoms with Crippen LogP contribution in [0.4, 0.5) is 0 Å². The molecule has 122 valence electrons. The number of hydrogen-bond donors (Lipinski definition) is 0. The minimum absolute atomic E-state index is 0.115. The molecule has 1 aliphatic heterocycles. The van der Waals surface area contributed by atoms with Gasteiger partial charge in [-0.15, -0.1) is 23.5 Å². The second-order valence-corrected chi connectivity index (χ2v) is 8.64. The van der Waals surface area contributed by atoms with Crippen LogP contribution in [0.2, 0.25) is 0 Å². The van der Waals surface area contributed by atoms with Crippen molar-refractivity contribution in [3.05, 3.63) is 71.3 Å². The molecular formula is C21H20OS2. The van der Waals surface area contributed by atoms with Crippen molar-refractivity contribution in [2.45, 2.75) is 29.9 Å². The molecule has 3 heteroatoms. The minimum Gasteiger partial charge on any atom is -0.300 e. The maximum Gasteiger partial charge on any atom is 0.135 e. The van der Waals surface area contributed by atoms with Gasteiger partial charge in [-0.1, -0.05) is 42.5 Å². The summed E-state index contributed by atoms with van der Waals surface area (Å²) in [4.78, 5) is 15.0. The van der Waals surface area contributed by atoms with Gasteiger partial charge in [-0.3, -0.25) is 4.79 Å². The van der Waals surface area contributed by atoms with Gasteiger partial charge in [-0.05, 0) is 48.6 Å². The van der Waals surface area contributed by atoms with Gasteiger partial charge in [0.25, 0.3) is 0 Å². The predicted octanol–water partition coefficient (Wildman–Crippen LogP) is 5.46. The van der Waals surface area contributed by atoms with E-state index in [4.69, 9.17) is 0 Å². The van der Waals surface area contributed by atoms with Crippen molar-refractivity contribution in [2.75, 3.05) is 5.75 Å². The van der Waals surface area contributed by atoms with Crippen LogP contribution in [0, 0.1) is 5.92 Å². The maximum absolute atomic E-state index is 12.3. The van der Waals surface area contributed by atoms with E-state index in [-0.39, 0.29) is 11.2 Å². The van der Waals surface area contributed by atoms with Crippen LogP contribution in [0.1, 0.15) is 24.5 Å². The average Bonchev–Trinajstić information content (AvgIpc) is 2.62. The molecule has 2 unspecified atom stereocenters. The first kappa shape index (κ1) is 16.0. The highest BCUT2D eigenvalue weighted by Crippen LogP contribution is 2.50. The van der Waals surface area contributed by atoms with E-state index in [1.54, 1.807) is 6.92 Å². The Morgan fingerprint density at radius 1 is 1.04 bits per heavy atom.